The number of ether oxygens (including phenoxy) is 1. The van der Waals surface area contributed by atoms with E-state index in [9.17, 15) is 0 Å². The lowest BCUT2D eigenvalue weighted by molar-refractivity contribution is 0.0235. The van der Waals surface area contributed by atoms with Crippen LogP contribution in [0.25, 0.3) is 0 Å². The summed E-state index contributed by atoms with van der Waals surface area (Å²) < 4.78 is 6.59. The van der Waals surface area contributed by atoms with Crippen LogP contribution in [0.4, 0.5) is 0 Å². The maximum absolute atomic E-state index is 6.59. The van der Waals surface area contributed by atoms with Crippen LogP contribution >= 0.6 is 12.4 Å². The van der Waals surface area contributed by atoms with Gasteiger partial charge in [-0.15, -0.1) is 12.4 Å². The van der Waals surface area contributed by atoms with Gasteiger partial charge in [-0.25, -0.2) is 0 Å². The van der Waals surface area contributed by atoms with E-state index in [0.717, 1.165) is 25.3 Å². The number of hydrogen-bond acceptors (Lipinski definition) is 2. The molecule has 1 saturated carbocycles. The van der Waals surface area contributed by atoms with Crippen LogP contribution in [0.15, 0.2) is 54.6 Å². The fraction of sp³-hybridized carbons (Fsp3) is 0.500. The number of hydrogen-bond donors (Lipinski definition) is 0. The number of halogens is 1. The second-order valence-electron chi connectivity index (χ2n) is 8.15. The van der Waals surface area contributed by atoms with Crippen molar-refractivity contribution in [2.75, 3.05) is 20.1 Å². The van der Waals surface area contributed by atoms with Crippen LogP contribution in [0.2, 0.25) is 0 Å². The minimum absolute atomic E-state index is 0. The van der Waals surface area contributed by atoms with Gasteiger partial charge in [0.05, 0.1) is 0 Å². The third kappa shape index (κ3) is 4.50. The van der Waals surface area contributed by atoms with Gasteiger partial charge in [0.2, 0.25) is 0 Å². The molecule has 1 fully saturated rings. The van der Waals surface area contributed by atoms with Gasteiger partial charge in [0.1, 0.15) is 11.4 Å². The predicted octanol–water partition coefficient (Wildman–Crippen LogP) is 5.85. The van der Waals surface area contributed by atoms with Gasteiger partial charge in [0.25, 0.3) is 0 Å². The normalized spacial score (nSPS) is 23.3. The molecule has 0 saturated heterocycles. The Morgan fingerprint density at radius 1 is 1.00 bits per heavy atom. The summed E-state index contributed by atoms with van der Waals surface area (Å²) in [7, 11) is 2.25. The highest BCUT2D eigenvalue weighted by Gasteiger charge is 2.48. The molecule has 2 aliphatic rings. The highest BCUT2D eigenvalue weighted by Crippen LogP contribution is 2.53. The molecule has 2 aromatic rings. The van der Waals surface area contributed by atoms with E-state index in [2.05, 4.69) is 66.5 Å². The summed E-state index contributed by atoms with van der Waals surface area (Å²) in [4.78, 5) is 2.48. The molecule has 0 spiro atoms. The summed E-state index contributed by atoms with van der Waals surface area (Å²) in [5, 5.41) is 0. The molecule has 0 radical (unpaired) electrons. The van der Waals surface area contributed by atoms with Gasteiger partial charge in [-0.3, -0.25) is 0 Å². The van der Waals surface area contributed by atoms with Gasteiger partial charge >= 0.3 is 0 Å². The average molecular weight is 386 g/mol. The Balaban J connectivity index is 0.00000210. The van der Waals surface area contributed by atoms with Gasteiger partial charge < -0.3 is 9.64 Å². The van der Waals surface area contributed by atoms with E-state index in [-0.39, 0.29) is 18.0 Å². The van der Waals surface area contributed by atoms with Crippen molar-refractivity contribution in [2.45, 2.75) is 56.5 Å². The molecule has 2 atom stereocenters. The Bertz CT molecular complexity index is 719. The first kappa shape index (κ1) is 20.2. The molecule has 3 heteroatoms. The highest BCUT2D eigenvalue weighted by atomic mass is 35.5. The minimum atomic E-state index is 0. The van der Waals surface area contributed by atoms with E-state index in [1.54, 1.807) is 0 Å². The first-order valence-corrected chi connectivity index (χ1v) is 10.3. The number of likely N-dealkylation sites (N-methyl/N-ethyl adjacent to an activating group) is 1. The lowest BCUT2D eigenvalue weighted by Crippen LogP contribution is -2.41. The van der Waals surface area contributed by atoms with E-state index < -0.39 is 0 Å². The lowest BCUT2D eigenvalue weighted by atomic mass is 9.71. The van der Waals surface area contributed by atoms with E-state index in [4.69, 9.17) is 4.74 Å². The molecule has 1 aliphatic heterocycles. The monoisotopic (exact) mass is 385 g/mol. The van der Waals surface area contributed by atoms with Gasteiger partial charge in [0.15, 0.2) is 0 Å². The molecule has 1 aliphatic carbocycles. The summed E-state index contributed by atoms with van der Waals surface area (Å²) in [5.41, 5.74) is 2.96. The molecule has 0 amide bonds. The van der Waals surface area contributed by atoms with Gasteiger partial charge in [-0.2, -0.15) is 0 Å². The van der Waals surface area contributed by atoms with Crippen LogP contribution in [-0.2, 0) is 6.42 Å². The first-order valence-electron chi connectivity index (χ1n) is 10.3. The number of fused-ring (bicyclic) bond motifs is 3. The van der Waals surface area contributed by atoms with Gasteiger partial charge in [-0.1, -0.05) is 55.0 Å². The van der Waals surface area contributed by atoms with Crippen LogP contribution in [0.3, 0.4) is 0 Å². The highest BCUT2D eigenvalue weighted by molar-refractivity contribution is 5.85. The van der Waals surface area contributed by atoms with Crippen molar-refractivity contribution in [1.29, 1.82) is 0 Å². The van der Waals surface area contributed by atoms with E-state index in [1.807, 2.05) is 0 Å². The molecule has 2 aromatic carbocycles. The largest absolute Gasteiger partial charge is 0.486 e. The van der Waals surface area contributed by atoms with E-state index in [0.29, 0.717) is 5.92 Å². The Labute approximate surface area is 170 Å². The van der Waals surface area contributed by atoms with Crippen LogP contribution in [0.1, 0.15) is 55.6 Å². The maximum Gasteiger partial charge on any atom is 0.123 e. The Morgan fingerprint density at radius 2 is 1.78 bits per heavy atom. The summed E-state index contributed by atoms with van der Waals surface area (Å²) in [6, 6.07) is 19.5. The van der Waals surface area contributed by atoms with Gasteiger partial charge in [-0.05, 0) is 63.7 Å². The molecule has 0 aromatic heterocycles. The van der Waals surface area contributed by atoms with Crippen LogP contribution < -0.4 is 4.74 Å². The average Bonchev–Trinajstić information content (AvgIpc) is 3.01. The summed E-state index contributed by atoms with van der Waals surface area (Å²) in [6.07, 6.45) is 8.71. The molecule has 146 valence electrons. The third-order valence-electron chi connectivity index (χ3n) is 6.35. The zero-order valence-corrected chi connectivity index (χ0v) is 17.2. The Hall–Kier alpha value is -1.51. The predicted molar refractivity (Wildman–Crippen MR) is 115 cm³/mol. The Kier molecular flexibility index (Phi) is 6.83. The van der Waals surface area contributed by atoms with Crippen molar-refractivity contribution in [3.05, 3.63) is 65.7 Å². The number of para-hydroxylation sites is 1. The van der Waals surface area contributed by atoms with Crippen molar-refractivity contribution < 1.29 is 4.74 Å². The molecule has 0 N–H and O–H groups in total. The quantitative estimate of drug-likeness (QED) is 0.592. The first-order chi connectivity index (χ1) is 12.8. The smallest absolute Gasteiger partial charge is 0.123 e. The molecule has 0 unspecified atom stereocenters. The van der Waals surface area contributed by atoms with Crippen molar-refractivity contribution in [2.24, 2.45) is 0 Å². The van der Waals surface area contributed by atoms with Crippen molar-refractivity contribution in [3.63, 3.8) is 0 Å². The summed E-state index contributed by atoms with van der Waals surface area (Å²) >= 11 is 0. The fourth-order valence-corrected chi connectivity index (χ4v) is 4.93. The molecular weight excluding hydrogens is 354 g/mol. The lowest BCUT2D eigenvalue weighted by Gasteiger charge is -2.39. The Morgan fingerprint density at radius 3 is 2.63 bits per heavy atom. The van der Waals surface area contributed by atoms with Crippen molar-refractivity contribution in [3.8, 4) is 5.75 Å². The van der Waals surface area contributed by atoms with E-state index >= 15 is 0 Å². The SMILES string of the molecule is CN(CCC[C@]12CCCC[C@H]1c1ccccc1O2)CCc1ccccc1.Cl. The molecule has 2 nitrogen and oxygen atoms in total. The zero-order valence-electron chi connectivity index (χ0n) is 16.4. The molecule has 0 bridgehead atoms. The fourth-order valence-electron chi connectivity index (χ4n) is 4.93. The molecule has 1 heterocycles. The molecule has 27 heavy (non-hydrogen) atoms. The van der Waals surface area contributed by atoms with Crippen LogP contribution in [0.5, 0.6) is 5.75 Å². The second-order valence-corrected chi connectivity index (χ2v) is 8.15. The topological polar surface area (TPSA) is 12.5 Å². The van der Waals surface area contributed by atoms with E-state index in [1.165, 1.54) is 49.7 Å². The summed E-state index contributed by atoms with van der Waals surface area (Å²) in [5.74, 6) is 1.76. The summed E-state index contributed by atoms with van der Waals surface area (Å²) in [6.45, 7) is 2.28. The van der Waals surface area contributed by atoms with Crippen molar-refractivity contribution >= 4 is 12.4 Å². The number of benzene rings is 2. The van der Waals surface area contributed by atoms with Crippen LogP contribution in [0, 0.1) is 0 Å². The number of rotatable bonds is 7. The zero-order chi connectivity index (χ0) is 17.8. The van der Waals surface area contributed by atoms with Crippen LogP contribution in [-0.4, -0.2) is 30.6 Å². The second kappa shape index (κ2) is 9.12. The minimum Gasteiger partial charge on any atom is -0.486 e. The van der Waals surface area contributed by atoms with Crippen molar-refractivity contribution in [1.82, 2.24) is 4.90 Å². The third-order valence-corrected chi connectivity index (χ3v) is 6.35. The number of nitrogens with zero attached hydrogens (tertiary/aromatic N) is 1. The standard InChI is InChI=1S/C24H31NO.ClH/c1-25(19-15-20-10-3-2-4-11-20)18-9-17-24-16-8-7-13-22(24)21-12-5-6-14-23(21)26-24;/h2-6,10-12,14,22H,7-9,13,15-19H2,1H3;1H/t22-,24+;/m0./s1. The maximum atomic E-state index is 6.59. The van der Waals surface area contributed by atoms with Gasteiger partial charge in [0, 0.05) is 18.0 Å². The molecular formula is C24H32ClNO. The molecule has 4 rings (SSSR count).